The van der Waals surface area contributed by atoms with E-state index in [9.17, 15) is 4.79 Å². The van der Waals surface area contributed by atoms with Crippen molar-refractivity contribution in [1.29, 1.82) is 0 Å². The van der Waals surface area contributed by atoms with Crippen LogP contribution in [0.1, 0.15) is 20.3 Å². The monoisotopic (exact) mass is 340 g/mol. The van der Waals surface area contributed by atoms with E-state index < -0.39 is 6.10 Å². The van der Waals surface area contributed by atoms with Gasteiger partial charge in [-0.1, -0.05) is 28.9 Å². The van der Waals surface area contributed by atoms with E-state index in [0.717, 1.165) is 24.0 Å². The van der Waals surface area contributed by atoms with Crippen LogP contribution in [-0.4, -0.2) is 31.1 Å². The lowest BCUT2D eigenvalue weighted by Crippen LogP contribution is -2.51. The Morgan fingerprint density at radius 1 is 1.55 bits per heavy atom. The number of hydrogen-bond acceptors (Lipinski definition) is 3. The molecule has 1 aromatic rings. The van der Waals surface area contributed by atoms with E-state index in [1.165, 1.54) is 0 Å². The summed E-state index contributed by atoms with van der Waals surface area (Å²) in [5, 5.41) is 6.41. The second kappa shape index (κ2) is 7.09. The third-order valence-electron chi connectivity index (χ3n) is 3.59. The fourth-order valence-electron chi connectivity index (χ4n) is 2.33. The average Bonchev–Trinajstić information content (AvgIpc) is 2.41. The lowest BCUT2D eigenvalue weighted by Gasteiger charge is -2.31. The number of carbonyl (C=O) groups is 1. The molecular formula is C15H21BrN2O2. The Balaban J connectivity index is 1.88. The molecule has 110 valence electrons. The molecule has 0 bridgehead atoms. The number of halogens is 1. The molecule has 3 atom stereocenters. The van der Waals surface area contributed by atoms with Gasteiger partial charge in [0.05, 0.1) is 0 Å². The van der Waals surface area contributed by atoms with Gasteiger partial charge >= 0.3 is 0 Å². The lowest BCUT2D eigenvalue weighted by atomic mass is 9.95. The molecule has 2 rings (SSSR count). The van der Waals surface area contributed by atoms with Crippen molar-refractivity contribution in [3.8, 4) is 5.75 Å². The summed E-state index contributed by atoms with van der Waals surface area (Å²) in [7, 11) is 0. The minimum absolute atomic E-state index is 0.0521. The number of hydrogen-bond donors (Lipinski definition) is 2. The van der Waals surface area contributed by atoms with Gasteiger partial charge in [-0.05, 0) is 50.6 Å². The lowest BCUT2D eigenvalue weighted by molar-refractivity contribution is -0.128. The van der Waals surface area contributed by atoms with Gasteiger partial charge in [0.2, 0.25) is 0 Å². The SMILES string of the molecule is CC(Oc1cccc(Br)c1)C(=O)NC1CCNCC1C. The van der Waals surface area contributed by atoms with Crippen LogP contribution in [0, 0.1) is 5.92 Å². The summed E-state index contributed by atoms with van der Waals surface area (Å²) in [4.78, 5) is 12.2. The maximum atomic E-state index is 12.2. The van der Waals surface area contributed by atoms with Gasteiger partial charge in [0, 0.05) is 10.5 Å². The molecule has 0 spiro atoms. The number of carbonyl (C=O) groups excluding carboxylic acids is 1. The quantitative estimate of drug-likeness (QED) is 0.884. The Bertz CT molecular complexity index is 467. The summed E-state index contributed by atoms with van der Waals surface area (Å²) < 4.78 is 6.62. The number of ether oxygens (including phenoxy) is 1. The van der Waals surface area contributed by atoms with Gasteiger partial charge in [-0.25, -0.2) is 0 Å². The molecule has 1 fully saturated rings. The molecule has 1 aromatic carbocycles. The van der Waals surface area contributed by atoms with Crippen molar-refractivity contribution in [2.75, 3.05) is 13.1 Å². The first kappa shape index (κ1) is 15.3. The average molecular weight is 341 g/mol. The van der Waals surface area contributed by atoms with Crippen molar-refractivity contribution in [2.45, 2.75) is 32.4 Å². The Hall–Kier alpha value is -1.07. The zero-order valence-corrected chi connectivity index (χ0v) is 13.4. The Morgan fingerprint density at radius 2 is 2.35 bits per heavy atom. The predicted molar refractivity (Wildman–Crippen MR) is 82.8 cm³/mol. The maximum absolute atomic E-state index is 12.2. The number of amides is 1. The van der Waals surface area contributed by atoms with Crippen LogP contribution in [0.5, 0.6) is 5.75 Å². The third kappa shape index (κ3) is 4.21. The highest BCUT2D eigenvalue weighted by Crippen LogP contribution is 2.19. The van der Waals surface area contributed by atoms with Crippen LogP contribution in [0.2, 0.25) is 0 Å². The molecule has 1 aliphatic heterocycles. The highest BCUT2D eigenvalue weighted by Gasteiger charge is 2.25. The number of benzene rings is 1. The van der Waals surface area contributed by atoms with Crippen LogP contribution in [0.15, 0.2) is 28.7 Å². The van der Waals surface area contributed by atoms with Crippen LogP contribution in [0.25, 0.3) is 0 Å². The molecule has 4 nitrogen and oxygen atoms in total. The topological polar surface area (TPSA) is 50.4 Å². The van der Waals surface area contributed by atoms with Gasteiger partial charge in [0.1, 0.15) is 5.75 Å². The van der Waals surface area contributed by atoms with E-state index in [4.69, 9.17) is 4.74 Å². The van der Waals surface area contributed by atoms with E-state index >= 15 is 0 Å². The van der Waals surface area contributed by atoms with Crippen LogP contribution < -0.4 is 15.4 Å². The third-order valence-corrected chi connectivity index (χ3v) is 4.08. The molecule has 0 radical (unpaired) electrons. The van der Waals surface area contributed by atoms with Crippen LogP contribution in [-0.2, 0) is 4.79 Å². The number of piperidine rings is 1. The van der Waals surface area contributed by atoms with Crippen molar-refractivity contribution in [2.24, 2.45) is 5.92 Å². The molecule has 2 N–H and O–H groups in total. The summed E-state index contributed by atoms with van der Waals surface area (Å²) in [6.45, 7) is 5.83. The summed E-state index contributed by atoms with van der Waals surface area (Å²) in [5.41, 5.74) is 0. The summed E-state index contributed by atoms with van der Waals surface area (Å²) in [6.07, 6.45) is 0.475. The molecule has 1 aliphatic rings. The van der Waals surface area contributed by atoms with E-state index in [1.54, 1.807) is 6.92 Å². The van der Waals surface area contributed by atoms with Gasteiger partial charge in [0.25, 0.3) is 5.91 Å². The standard InChI is InChI=1S/C15H21BrN2O2/c1-10-9-17-7-6-14(10)18-15(19)11(2)20-13-5-3-4-12(16)8-13/h3-5,8,10-11,14,17H,6-7,9H2,1-2H3,(H,18,19). The smallest absolute Gasteiger partial charge is 0.261 e. The van der Waals surface area contributed by atoms with Crippen molar-refractivity contribution in [3.63, 3.8) is 0 Å². The predicted octanol–water partition coefficient (Wildman–Crippen LogP) is 2.33. The van der Waals surface area contributed by atoms with Crippen molar-refractivity contribution in [3.05, 3.63) is 28.7 Å². The Labute approximate surface area is 128 Å². The van der Waals surface area contributed by atoms with Gasteiger partial charge < -0.3 is 15.4 Å². The van der Waals surface area contributed by atoms with Gasteiger partial charge in [-0.2, -0.15) is 0 Å². The largest absolute Gasteiger partial charge is 0.481 e. The van der Waals surface area contributed by atoms with E-state index in [2.05, 4.69) is 33.5 Å². The van der Waals surface area contributed by atoms with Crippen LogP contribution in [0.4, 0.5) is 0 Å². The van der Waals surface area contributed by atoms with Crippen molar-refractivity contribution >= 4 is 21.8 Å². The van der Waals surface area contributed by atoms with Crippen LogP contribution in [0.3, 0.4) is 0 Å². The molecular weight excluding hydrogens is 320 g/mol. The van der Waals surface area contributed by atoms with E-state index in [1.807, 2.05) is 24.3 Å². The fourth-order valence-corrected chi connectivity index (χ4v) is 2.70. The zero-order chi connectivity index (χ0) is 14.5. The summed E-state index contributed by atoms with van der Waals surface area (Å²) in [5.74, 6) is 1.09. The zero-order valence-electron chi connectivity index (χ0n) is 11.9. The molecule has 1 saturated heterocycles. The Morgan fingerprint density at radius 3 is 3.05 bits per heavy atom. The maximum Gasteiger partial charge on any atom is 0.261 e. The molecule has 0 aliphatic carbocycles. The molecule has 0 aromatic heterocycles. The first-order valence-electron chi connectivity index (χ1n) is 6.99. The Kier molecular flexibility index (Phi) is 5.43. The van der Waals surface area contributed by atoms with E-state index in [-0.39, 0.29) is 11.9 Å². The fraction of sp³-hybridized carbons (Fsp3) is 0.533. The minimum Gasteiger partial charge on any atom is -0.481 e. The molecule has 20 heavy (non-hydrogen) atoms. The normalized spacial score (nSPS) is 23.9. The second-order valence-electron chi connectivity index (χ2n) is 5.30. The second-order valence-corrected chi connectivity index (χ2v) is 6.22. The van der Waals surface area contributed by atoms with Gasteiger partial charge in [-0.15, -0.1) is 0 Å². The number of rotatable bonds is 4. The van der Waals surface area contributed by atoms with Gasteiger partial charge in [0.15, 0.2) is 6.10 Å². The van der Waals surface area contributed by atoms with E-state index in [0.29, 0.717) is 11.7 Å². The summed E-state index contributed by atoms with van der Waals surface area (Å²) >= 11 is 3.39. The van der Waals surface area contributed by atoms with Gasteiger partial charge in [-0.3, -0.25) is 4.79 Å². The van der Waals surface area contributed by atoms with Crippen molar-refractivity contribution < 1.29 is 9.53 Å². The molecule has 1 heterocycles. The number of nitrogens with one attached hydrogen (secondary N) is 2. The first-order chi connectivity index (χ1) is 9.56. The van der Waals surface area contributed by atoms with Crippen molar-refractivity contribution in [1.82, 2.24) is 10.6 Å². The molecule has 5 heteroatoms. The molecule has 3 unspecified atom stereocenters. The highest BCUT2D eigenvalue weighted by atomic mass is 79.9. The minimum atomic E-state index is -0.494. The first-order valence-corrected chi connectivity index (χ1v) is 7.79. The summed E-state index contributed by atoms with van der Waals surface area (Å²) in [6, 6.07) is 7.75. The highest BCUT2D eigenvalue weighted by molar-refractivity contribution is 9.10. The molecule has 1 amide bonds. The molecule has 0 saturated carbocycles. The van der Waals surface area contributed by atoms with Crippen LogP contribution >= 0.6 is 15.9 Å².